The lowest BCUT2D eigenvalue weighted by molar-refractivity contribution is 0.221. The van der Waals surface area contributed by atoms with Gasteiger partial charge in [0.2, 0.25) is 0 Å². The number of likely N-dealkylation sites (N-methyl/N-ethyl adjacent to an activating group) is 1. The maximum absolute atomic E-state index is 3.84. The van der Waals surface area contributed by atoms with Crippen LogP contribution in [0.15, 0.2) is 0 Å². The molecule has 2 atom stereocenters. The molecule has 2 unspecified atom stereocenters. The van der Waals surface area contributed by atoms with Crippen LogP contribution >= 0.6 is 0 Å². The summed E-state index contributed by atoms with van der Waals surface area (Å²) in [6.07, 6.45) is 12.9. The van der Waals surface area contributed by atoms with Crippen molar-refractivity contribution in [2.75, 3.05) is 20.1 Å². The SMILES string of the molecule is CC(C)CC1CCCC(NCCN(C)C2CCCC2)C1. The minimum Gasteiger partial charge on any atom is -0.313 e. The van der Waals surface area contributed by atoms with Crippen LogP contribution in [0.25, 0.3) is 0 Å². The van der Waals surface area contributed by atoms with Gasteiger partial charge >= 0.3 is 0 Å². The normalized spacial score (nSPS) is 28.6. The number of rotatable bonds is 7. The molecule has 0 aromatic rings. The summed E-state index contributed by atoms with van der Waals surface area (Å²) in [5, 5.41) is 3.84. The van der Waals surface area contributed by atoms with E-state index in [0.29, 0.717) is 0 Å². The van der Waals surface area contributed by atoms with Gasteiger partial charge in [0.15, 0.2) is 0 Å². The molecule has 2 rings (SSSR count). The molecule has 2 aliphatic carbocycles. The van der Waals surface area contributed by atoms with Crippen molar-refractivity contribution >= 4 is 0 Å². The second-order valence-electron chi connectivity index (χ2n) is 7.73. The van der Waals surface area contributed by atoms with Crippen LogP contribution in [0, 0.1) is 11.8 Å². The highest BCUT2D eigenvalue weighted by atomic mass is 15.1. The summed E-state index contributed by atoms with van der Waals surface area (Å²) in [5.41, 5.74) is 0. The van der Waals surface area contributed by atoms with E-state index in [4.69, 9.17) is 0 Å². The largest absolute Gasteiger partial charge is 0.313 e. The molecule has 2 nitrogen and oxygen atoms in total. The first-order valence-electron chi connectivity index (χ1n) is 9.08. The van der Waals surface area contributed by atoms with Crippen LogP contribution in [0.5, 0.6) is 0 Å². The molecule has 0 spiro atoms. The molecule has 0 aromatic carbocycles. The molecule has 0 heterocycles. The van der Waals surface area contributed by atoms with Gasteiger partial charge in [0.25, 0.3) is 0 Å². The monoisotopic (exact) mass is 280 g/mol. The second-order valence-corrected chi connectivity index (χ2v) is 7.73. The van der Waals surface area contributed by atoms with Gasteiger partial charge in [0.1, 0.15) is 0 Å². The Hall–Kier alpha value is -0.0800. The highest BCUT2D eigenvalue weighted by Gasteiger charge is 2.23. The summed E-state index contributed by atoms with van der Waals surface area (Å²) >= 11 is 0. The van der Waals surface area contributed by atoms with Crippen LogP contribution in [-0.2, 0) is 0 Å². The molecule has 0 amide bonds. The maximum Gasteiger partial charge on any atom is 0.0107 e. The Morgan fingerprint density at radius 3 is 2.50 bits per heavy atom. The lowest BCUT2D eigenvalue weighted by Gasteiger charge is -2.32. The van der Waals surface area contributed by atoms with Gasteiger partial charge in [-0.2, -0.15) is 0 Å². The van der Waals surface area contributed by atoms with Crippen LogP contribution in [0.4, 0.5) is 0 Å². The average molecular weight is 280 g/mol. The van der Waals surface area contributed by atoms with Gasteiger partial charge < -0.3 is 10.2 Å². The third-order valence-electron chi connectivity index (χ3n) is 5.43. The van der Waals surface area contributed by atoms with Gasteiger partial charge in [-0.05, 0) is 51.0 Å². The van der Waals surface area contributed by atoms with E-state index < -0.39 is 0 Å². The molecule has 0 radical (unpaired) electrons. The van der Waals surface area contributed by atoms with Crippen LogP contribution in [-0.4, -0.2) is 37.1 Å². The summed E-state index contributed by atoms with van der Waals surface area (Å²) < 4.78 is 0. The first-order valence-corrected chi connectivity index (χ1v) is 9.08. The van der Waals surface area contributed by atoms with E-state index in [-0.39, 0.29) is 0 Å². The molecule has 0 aromatic heterocycles. The van der Waals surface area contributed by atoms with Crippen molar-refractivity contribution < 1.29 is 0 Å². The fraction of sp³-hybridized carbons (Fsp3) is 1.00. The minimum atomic E-state index is 0.796. The summed E-state index contributed by atoms with van der Waals surface area (Å²) in [7, 11) is 2.32. The predicted octanol–water partition coefficient (Wildman–Crippen LogP) is 4.06. The van der Waals surface area contributed by atoms with Crippen LogP contribution < -0.4 is 5.32 Å². The van der Waals surface area contributed by atoms with Gasteiger partial charge in [-0.3, -0.25) is 0 Å². The molecular formula is C18H36N2. The first kappa shape index (κ1) is 16.3. The van der Waals surface area contributed by atoms with Crippen LogP contribution in [0.2, 0.25) is 0 Å². The smallest absolute Gasteiger partial charge is 0.0107 e. The van der Waals surface area contributed by atoms with Gasteiger partial charge in [-0.1, -0.05) is 39.5 Å². The van der Waals surface area contributed by atoms with E-state index >= 15 is 0 Å². The Morgan fingerprint density at radius 1 is 1.05 bits per heavy atom. The summed E-state index contributed by atoms with van der Waals surface area (Å²) in [6.45, 7) is 7.16. The average Bonchev–Trinajstić information content (AvgIpc) is 2.92. The van der Waals surface area contributed by atoms with Crippen molar-refractivity contribution in [3.05, 3.63) is 0 Å². The van der Waals surface area contributed by atoms with E-state index in [2.05, 4.69) is 31.1 Å². The molecular weight excluding hydrogens is 244 g/mol. The molecule has 118 valence electrons. The Morgan fingerprint density at radius 2 is 1.80 bits per heavy atom. The van der Waals surface area contributed by atoms with Crippen molar-refractivity contribution in [2.45, 2.75) is 83.7 Å². The fourth-order valence-corrected chi connectivity index (χ4v) is 4.33. The number of hydrogen-bond donors (Lipinski definition) is 1. The number of nitrogens with one attached hydrogen (secondary N) is 1. The van der Waals surface area contributed by atoms with Gasteiger partial charge in [-0.15, -0.1) is 0 Å². The first-order chi connectivity index (χ1) is 9.65. The van der Waals surface area contributed by atoms with Gasteiger partial charge in [0, 0.05) is 25.2 Å². The molecule has 2 aliphatic rings. The number of nitrogens with zero attached hydrogens (tertiary/aromatic N) is 1. The third-order valence-corrected chi connectivity index (χ3v) is 5.43. The summed E-state index contributed by atoms with van der Waals surface area (Å²) in [6, 6.07) is 1.67. The summed E-state index contributed by atoms with van der Waals surface area (Å²) in [5.74, 6) is 1.85. The maximum atomic E-state index is 3.84. The molecule has 2 saturated carbocycles. The van der Waals surface area contributed by atoms with E-state index in [9.17, 15) is 0 Å². The van der Waals surface area contributed by atoms with Crippen LogP contribution in [0.3, 0.4) is 0 Å². The molecule has 0 bridgehead atoms. The van der Waals surface area contributed by atoms with E-state index in [1.165, 1.54) is 70.9 Å². The Labute approximate surface area is 126 Å². The van der Waals surface area contributed by atoms with E-state index in [1.54, 1.807) is 0 Å². The molecule has 2 fully saturated rings. The third kappa shape index (κ3) is 5.37. The van der Waals surface area contributed by atoms with Crippen molar-refractivity contribution in [3.63, 3.8) is 0 Å². The number of hydrogen-bond acceptors (Lipinski definition) is 2. The lowest BCUT2D eigenvalue weighted by Crippen LogP contribution is -2.41. The molecule has 0 aliphatic heterocycles. The minimum absolute atomic E-state index is 0.796. The van der Waals surface area contributed by atoms with Crippen molar-refractivity contribution in [3.8, 4) is 0 Å². The standard InChI is InChI=1S/C18H36N2/c1-15(2)13-16-7-6-8-17(14-16)19-11-12-20(3)18-9-4-5-10-18/h15-19H,4-14H2,1-3H3. The zero-order chi connectivity index (χ0) is 14.4. The summed E-state index contributed by atoms with van der Waals surface area (Å²) in [4.78, 5) is 2.59. The van der Waals surface area contributed by atoms with E-state index in [1.807, 2.05) is 0 Å². The Kier molecular flexibility index (Phi) is 6.83. The zero-order valence-corrected chi connectivity index (χ0v) is 14.0. The van der Waals surface area contributed by atoms with Gasteiger partial charge in [-0.25, -0.2) is 0 Å². The van der Waals surface area contributed by atoms with Crippen molar-refractivity contribution in [1.82, 2.24) is 10.2 Å². The Bertz CT molecular complexity index is 258. The molecule has 2 heteroatoms. The second kappa shape index (κ2) is 8.38. The zero-order valence-electron chi connectivity index (χ0n) is 14.0. The predicted molar refractivity (Wildman–Crippen MR) is 88.1 cm³/mol. The molecule has 0 saturated heterocycles. The Balaban J connectivity index is 1.60. The lowest BCUT2D eigenvalue weighted by atomic mass is 9.81. The van der Waals surface area contributed by atoms with Crippen molar-refractivity contribution in [2.24, 2.45) is 11.8 Å². The topological polar surface area (TPSA) is 15.3 Å². The van der Waals surface area contributed by atoms with E-state index in [0.717, 1.165) is 23.9 Å². The quantitative estimate of drug-likeness (QED) is 0.756. The molecule has 1 N–H and O–H groups in total. The molecule has 20 heavy (non-hydrogen) atoms. The fourth-order valence-electron chi connectivity index (χ4n) is 4.33. The van der Waals surface area contributed by atoms with Crippen molar-refractivity contribution in [1.29, 1.82) is 0 Å². The van der Waals surface area contributed by atoms with Crippen LogP contribution in [0.1, 0.15) is 71.6 Å². The highest BCUT2D eigenvalue weighted by Crippen LogP contribution is 2.29. The highest BCUT2D eigenvalue weighted by molar-refractivity contribution is 4.80. The van der Waals surface area contributed by atoms with Gasteiger partial charge in [0.05, 0.1) is 0 Å².